The molecule has 0 fully saturated rings. The molecule has 1 N–H and O–H groups in total. The molecule has 6 heteroatoms. The molecule has 0 saturated carbocycles. The number of amides is 3. The lowest BCUT2D eigenvalue weighted by molar-refractivity contribution is -0.143. The molecule has 0 saturated heterocycles. The number of hydrogen-bond acceptors (Lipinski definition) is 4. The fraction of sp³-hybridized carbons (Fsp3) is 0.769. The fourth-order valence-electron chi connectivity index (χ4n) is 1.31. The Hall–Kier alpha value is -1.59. The monoisotopic (exact) mass is 272 g/mol. The number of likely N-dealkylation sites (N-methyl/N-ethyl adjacent to an activating group) is 1. The van der Waals surface area contributed by atoms with Crippen LogP contribution in [0.3, 0.4) is 0 Å². The summed E-state index contributed by atoms with van der Waals surface area (Å²) < 4.78 is 5.10. The minimum Gasteiger partial charge on any atom is -0.444 e. The second-order valence-electron chi connectivity index (χ2n) is 5.78. The van der Waals surface area contributed by atoms with E-state index in [9.17, 15) is 14.4 Å². The van der Waals surface area contributed by atoms with Gasteiger partial charge in [-0.05, 0) is 26.7 Å². The van der Waals surface area contributed by atoms with Crippen LogP contribution in [0.4, 0.5) is 4.79 Å². The number of carbonyl (C=O) groups excluding carboxylic acids is 3. The highest BCUT2D eigenvalue weighted by atomic mass is 16.6. The van der Waals surface area contributed by atoms with Gasteiger partial charge in [0, 0.05) is 14.0 Å². The zero-order valence-electron chi connectivity index (χ0n) is 12.7. The molecule has 0 aliphatic heterocycles. The molecule has 110 valence electrons. The molecule has 19 heavy (non-hydrogen) atoms. The van der Waals surface area contributed by atoms with Crippen LogP contribution in [0.2, 0.25) is 0 Å². The number of imide groups is 1. The summed E-state index contributed by atoms with van der Waals surface area (Å²) in [6, 6.07) is -0.788. The highest BCUT2D eigenvalue weighted by Crippen LogP contribution is 2.10. The van der Waals surface area contributed by atoms with E-state index in [1.165, 1.54) is 14.0 Å². The molecular weight excluding hydrogens is 248 g/mol. The zero-order chi connectivity index (χ0) is 15.4. The number of hydrogen-bond donors (Lipinski definition) is 1. The molecule has 6 nitrogen and oxygen atoms in total. The predicted octanol–water partition coefficient (Wildman–Crippen LogP) is 1.54. The van der Waals surface area contributed by atoms with Crippen molar-refractivity contribution in [3.05, 3.63) is 0 Å². The molecule has 0 aliphatic rings. The average Bonchev–Trinajstić information content (AvgIpc) is 2.20. The third-order valence-corrected chi connectivity index (χ3v) is 2.41. The smallest absolute Gasteiger partial charge is 0.408 e. The van der Waals surface area contributed by atoms with E-state index < -0.39 is 23.6 Å². The lowest BCUT2D eigenvalue weighted by Gasteiger charge is -2.27. The quantitative estimate of drug-likeness (QED) is 0.845. The minimum absolute atomic E-state index is 0.151. The number of nitrogens with zero attached hydrogens (tertiary/aromatic N) is 1. The van der Waals surface area contributed by atoms with Crippen LogP contribution in [-0.2, 0) is 14.3 Å². The van der Waals surface area contributed by atoms with Gasteiger partial charge in [0.05, 0.1) is 0 Å². The molecule has 1 atom stereocenters. The number of carbonyl (C=O) groups is 3. The molecule has 0 aromatic heterocycles. The number of nitrogens with one attached hydrogen (secondary N) is 1. The van der Waals surface area contributed by atoms with E-state index in [-0.39, 0.29) is 11.8 Å². The standard InChI is InChI=1S/C13H24N2O4/c1-8(2)10(11(17)15(7)9(3)16)14-12(18)19-13(4,5)6/h8,10H,1-7H3,(H,14,18)/t10-/m0/s1. The first-order valence-electron chi connectivity index (χ1n) is 6.23. The van der Waals surface area contributed by atoms with Crippen molar-refractivity contribution in [2.75, 3.05) is 7.05 Å². The first-order valence-corrected chi connectivity index (χ1v) is 6.23. The molecular formula is C13H24N2O4. The van der Waals surface area contributed by atoms with E-state index in [1.807, 2.05) is 0 Å². The van der Waals surface area contributed by atoms with E-state index in [4.69, 9.17) is 4.74 Å². The molecule has 0 radical (unpaired) electrons. The van der Waals surface area contributed by atoms with Crippen LogP contribution in [0.15, 0.2) is 0 Å². The molecule has 0 aromatic carbocycles. The van der Waals surface area contributed by atoms with Gasteiger partial charge in [-0.15, -0.1) is 0 Å². The summed E-state index contributed by atoms with van der Waals surface area (Å²) in [7, 11) is 1.39. The van der Waals surface area contributed by atoms with Gasteiger partial charge < -0.3 is 10.1 Å². The normalized spacial score (nSPS) is 12.8. The Morgan fingerprint density at radius 3 is 1.95 bits per heavy atom. The Labute approximate surface area is 114 Å². The third kappa shape index (κ3) is 6.22. The van der Waals surface area contributed by atoms with Crippen molar-refractivity contribution in [2.24, 2.45) is 5.92 Å². The van der Waals surface area contributed by atoms with Gasteiger partial charge in [0.15, 0.2) is 0 Å². The first-order chi connectivity index (χ1) is 8.45. The van der Waals surface area contributed by atoms with Gasteiger partial charge >= 0.3 is 6.09 Å². The Morgan fingerprint density at radius 1 is 1.16 bits per heavy atom. The summed E-state index contributed by atoms with van der Waals surface area (Å²) in [5.74, 6) is -0.975. The van der Waals surface area contributed by atoms with Gasteiger partial charge in [-0.1, -0.05) is 13.8 Å². The lowest BCUT2D eigenvalue weighted by Crippen LogP contribution is -2.52. The van der Waals surface area contributed by atoms with Crippen LogP contribution in [0, 0.1) is 5.92 Å². The number of ether oxygens (including phenoxy) is 1. The maximum atomic E-state index is 12.1. The summed E-state index contributed by atoms with van der Waals surface area (Å²) in [6.45, 7) is 10.1. The van der Waals surface area contributed by atoms with Crippen LogP contribution in [0.5, 0.6) is 0 Å². The van der Waals surface area contributed by atoms with Gasteiger partial charge in [0.25, 0.3) is 5.91 Å². The molecule has 0 unspecified atom stereocenters. The highest BCUT2D eigenvalue weighted by Gasteiger charge is 2.30. The maximum absolute atomic E-state index is 12.1. The maximum Gasteiger partial charge on any atom is 0.408 e. The Bertz CT molecular complexity index is 358. The van der Waals surface area contributed by atoms with Crippen LogP contribution >= 0.6 is 0 Å². The van der Waals surface area contributed by atoms with Crippen LogP contribution in [-0.4, -0.2) is 41.5 Å². The van der Waals surface area contributed by atoms with Gasteiger partial charge in [0.1, 0.15) is 11.6 Å². The highest BCUT2D eigenvalue weighted by molar-refractivity contribution is 5.97. The second kappa shape index (κ2) is 6.54. The SMILES string of the molecule is CC(=O)N(C)C(=O)[C@@H](NC(=O)OC(C)(C)C)C(C)C. The summed E-state index contributed by atoms with van der Waals surface area (Å²) in [5.41, 5.74) is -0.638. The minimum atomic E-state index is -0.788. The molecule has 0 rings (SSSR count). The third-order valence-electron chi connectivity index (χ3n) is 2.41. The Morgan fingerprint density at radius 2 is 1.63 bits per heavy atom. The van der Waals surface area contributed by atoms with E-state index >= 15 is 0 Å². The first kappa shape index (κ1) is 17.4. The van der Waals surface area contributed by atoms with Crippen LogP contribution in [0.1, 0.15) is 41.5 Å². The number of alkyl carbamates (subject to hydrolysis) is 1. The van der Waals surface area contributed by atoms with Gasteiger partial charge in [-0.3, -0.25) is 14.5 Å². The van der Waals surface area contributed by atoms with Crippen molar-refractivity contribution in [3.8, 4) is 0 Å². The summed E-state index contributed by atoms with van der Waals surface area (Å²) >= 11 is 0. The predicted molar refractivity (Wildman–Crippen MR) is 71.4 cm³/mol. The molecule has 0 spiro atoms. The van der Waals surface area contributed by atoms with E-state index in [0.717, 1.165) is 4.90 Å². The number of rotatable bonds is 3. The van der Waals surface area contributed by atoms with Crippen molar-refractivity contribution < 1.29 is 19.1 Å². The average molecular weight is 272 g/mol. The molecule has 3 amide bonds. The van der Waals surface area contributed by atoms with Crippen molar-refractivity contribution in [2.45, 2.75) is 53.2 Å². The second-order valence-corrected chi connectivity index (χ2v) is 5.78. The van der Waals surface area contributed by atoms with Gasteiger partial charge in [0.2, 0.25) is 5.91 Å². The Kier molecular flexibility index (Phi) is 5.99. The lowest BCUT2D eigenvalue weighted by atomic mass is 10.0. The van der Waals surface area contributed by atoms with E-state index in [1.54, 1.807) is 34.6 Å². The van der Waals surface area contributed by atoms with E-state index in [0.29, 0.717) is 0 Å². The molecule has 0 bridgehead atoms. The van der Waals surface area contributed by atoms with Crippen LogP contribution in [0.25, 0.3) is 0 Å². The van der Waals surface area contributed by atoms with Crippen molar-refractivity contribution in [1.29, 1.82) is 0 Å². The summed E-state index contributed by atoms with van der Waals surface area (Å²) in [4.78, 5) is 35.9. The van der Waals surface area contributed by atoms with Gasteiger partial charge in [-0.2, -0.15) is 0 Å². The van der Waals surface area contributed by atoms with Crippen molar-refractivity contribution in [1.82, 2.24) is 10.2 Å². The van der Waals surface area contributed by atoms with E-state index in [2.05, 4.69) is 5.32 Å². The van der Waals surface area contributed by atoms with Gasteiger partial charge in [-0.25, -0.2) is 4.79 Å². The Balaban J connectivity index is 4.81. The topological polar surface area (TPSA) is 75.7 Å². The molecule has 0 aliphatic carbocycles. The molecule has 0 aromatic rings. The summed E-state index contributed by atoms with van der Waals surface area (Å²) in [5, 5.41) is 2.50. The van der Waals surface area contributed by atoms with Crippen LogP contribution < -0.4 is 5.32 Å². The largest absolute Gasteiger partial charge is 0.444 e. The zero-order valence-corrected chi connectivity index (χ0v) is 12.7. The van der Waals surface area contributed by atoms with Crippen molar-refractivity contribution >= 4 is 17.9 Å². The molecule has 0 heterocycles. The summed E-state index contributed by atoms with van der Waals surface area (Å²) in [6.07, 6.45) is -0.670. The van der Waals surface area contributed by atoms with Crippen molar-refractivity contribution in [3.63, 3.8) is 0 Å². The fourth-order valence-corrected chi connectivity index (χ4v) is 1.31.